The molecule has 17 heavy (non-hydrogen) atoms. The van der Waals surface area contributed by atoms with E-state index in [0.29, 0.717) is 5.41 Å². The molecular weight excluding hydrogens is 204 g/mol. The third kappa shape index (κ3) is 12.0. The van der Waals surface area contributed by atoms with Crippen LogP contribution in [0.4, 0.5) is 0 Å². The van der Waals surface area contributed by atoms with Crippen LogP contribution in [0.1, 0.15) is 84.5 Å². The van der Waals surface area contributed by atoms with Crippen LogP contribution in [0.5, 0.6) is 0 Å². The van der Waals surface area contributed by atoms with Gasteiger partial charge in [-0.15, -0.1) is 6.58 Å². The lowest BCUT2D eigenvalue weighted by Gasteiger charge is -2.18. The first-order valence-corrected chi connectivity index (χ1v) is 7.55. The molecule has 0 heterocycles. The minimum absolute atomic E-state index is 0.341. The zero-order chi connectivity index (χ0) is 13.0. The van der Waals surface area contributed by atoms with E-state index in [0.717, 1.165) is 6.42 Å². The predicted molar refractivity (Wildman–Crippen MR) is 80.1 cm³/mol. The topological polar surface area (TPSA) is 0 Å². The van der Waals surface area contributed by atoms with Crippen molar-refractivity contribution >= 4 is 0 Å². The first-order chi connectivity index (χ1) is 8.12. The van der Waals surface area contributed by atoms with E-state index in [9.17, 15) is 0 Å². The van der Waals surface area contributed by atoms with Crippen LogP contribution in [0.25, 0.3) is 0 Å². The lowest BCUT2D eigenvalue weighted by Crippen LogP contribution is -2.05. The van der Waals surface area contributed by atoms with Gasteiger partial charge in [-0.1, -0.05) is 91.1 Å². The Morgan fingerprint density at radius 1 is 0.765 bits per heavy atom. The van der Waals surface area contributed by atoms with Gasteiger partial charge in [0.1, 0.15) is 0 Å². The summed E-state index contributed by atoms with van der Waals surface area (Å²) in [5, 5.41) is 0. The zero-order valence-electron chi connectivity index (χ0n) is 12.3. The Bertz CT molecular complexity index is 167. The molecule has 0 aliphatic carbocycles. The van der Waals surface area contributed by atoms with Crippen molar-refractivity contribution in [2.75, 3.05) is 0 Å². The summed E-state index contributed by atoms with van der Waals surface area (Å²) in [7, 11) is 0. The normalized spacial score (nSPS) is 11.7. The smallest absolute Gasteiger partial charge is 0.0178 e. The first kappa shape index (κ1) is 16.7. The molecule has 0 aromatic carbocycles. The Hall–Kier alpha value is -0.260. The van der Waals surface area contributed by atoms with Crippen LogP contribution in [0, 0.1) is 12.3 Å². The van der Waals surface area contributed by atoms with Gasteiger partial charge >= 0.3 is 0 Å². The molecule has 0 aliphatic rings. The molecule has 0 amide bonds. The van der Waals surface area contributed by atoms with E-state index in [1.807, 2.05) is 0 Å². The molecule has 0 fully saturated rings. The van der Waals surface area contributed by atoms with Crippen molar-refractivity contribution in [3.05, 3.63) is 19.6 Å². The van der Waals surface area contributed by atoms with Crippen LogP contribution in [0.15, 0.2) is 12.7 Å². The number of hydrogen-bond donors (Lipinski definition) is 0. The van der Waals surface area contributed by atoms with Gasteiger partial charge in [-0.05, 0) is 11.8 Å². The van der Waals surface area contributed by atoms with Crippen LogP contribution >= 0.6 is 0 Å². The van der Waals surface area contributed by atoms with Gasteiger partial charge in [0, 0.05) is 0 Å². The van der Waals surface area contributed by atoms with Gasteiger partial charge in [0.15, 0.2) is 0 Å². The fraction of sp³-hybridized carbons (Fsp3) is 0.824. The van der Waals surface area contributed by atoms with Crippen molar-refractivity contribution in [1.82, 2.24) is 0 Å². The minimum atomic E-state index is 0.341. The third-order valence-corrected chi connectivity index (χ3v) is 3.62. The van der Waals surface area contributed by atoms with E-state index in [2.05, 4.69) is 33.4 Å². The van der Waals surface area contributed by atoms with Crippen LogP contribution < -0.4 is 0 Å². The fourth-order valence-electron chi connectivity index (χ4n) is 2.10. The molecular formula is C17H33. The van der Waals surface area contributed by atoms with Crippen molar-refractivity contribution in [3.8, 4) is 0 Å². The van der Waals surface area contributed by atoms with Crippen molar-refractivity contribution in [1.29, 1.82) is 0 Å². The third-order valence-electron chi connectivity index (χ3n) is 3.62. The van der Waals surface area contributed by atoms with E-state index in [4.69, 9.17) is 0 Å². The summed E-state index contributed by atoms with van der Waals surface area (Å²) in [6.07, 6.45) is 17.1. The first-order valence-electron chi connectivity index (χ1n) is 7.55. The zero-order valence-corrected chi connectivity index (χ0v) is 12.3. The van der Waals surface area contributed by atoms with Gasteiger partial charge in [0.2, 0.25) is 0 Å². The summed E-state index contributed by atoms with van der Waals surface area (Å²) in [5.41, 5.74) is 0.341. The molecule has 0 unspecified atom stereocenters. The second-order valence-electron chi connectivity index (χ2n) is 5.98. The molecule has 0 spiro atoms. The Morgan fingerprint density at radius 3 is 1.59 bits per heavy atom. The highest BCUT2D eigenvalue weighted by Gasteiger charge is 2.11. The molecule has 0 heteroatoms. The molecule has 0 aliphatic heterocycles. The standard InChI is InChI=1S/C17H33/c1-5-7-8-9-10-11-12-13-14-15-16-17(3,4)6-2/h6H,1-2,5,7-16H2,3-4H3. The Balaban J connectivity index is 3.11. The highest BCUT2D eigenvalue weighted by Crippen LogP contribution is 2.24. The van der Waals surface area contributed by atoms with Crippen molar-refractivity contribution in [2.45, 2.75) is 84.5 Å². The maximum atomic E-state index is 3.89. The van der Waals surface area contributed by atoms with E-state index in [1.165, 1.54) is 64.2 Å². The fourth-order valence-corrected chi connectivity index (χ4v) is 2.10. The van der Waals surface area contributed by atoms with E-state index < -0.39 is 0 Å². The molecule has 0 nitrogen and oxygen atoms in total. The van der Waals surface area contributed by atoms with Crippen LogP contribution in [-0.4, -0.2) is 0 Å². The van der Waals surface area contributed by atoms with Gasteiger partial charge in [0.05, 0.1) is 0 Å². The lowest BCUT2D eigenvalue weighted by atomic mass is 9.87. The lowest BCUT2D eigenvalue weighted by molar-refractivity contribution is 0.408. The van der Waals surface area contributed by atoms with Gasteiger partial charge in [0.25, 0.3) is 0 Å². The Labute approximate surface area is 110 Å². The number of unbranched alkanes of at least 4 members (excludes halogenated alkanes) is 9. The number of rotatable bonds is 12. The number of hydrogen-bond acceptors (Lipinski definition) is 0. The monoisotopic (exact) mass is 237 g/mol. The van der Waals surface area contributed by atoms with E-state index in [1.54, 1.807) is 0 Å². The van der Waals surface area contributed by atoms with Crippen LogP contribution in [-0.2, 0) is 0 Å². The molecule has 0 N–H and O–H groups in total. The van der Waals surface area contributed by atoms with Crippen LogP contribution in [0.3, 0.4) is 0 Å². The SMILES string of the molecule is [CH2]CCCCCCCCCCCC(C)(C)C=C. The molecule has 0 aromatic heterocycles. The molecule has 0 rings (SSSR count). The van der Waals surface area contributed by atoms with Gasteiger partial charge in [-0.3, -0.25) is 0 Å². The van der Waals surface area contributed by atoms with Gasteiger partial charge < -0.3 is 0 Å². The maximum Gasteiger partial charge on any atom is -0.0178 e. The molecule has 0 atom stereocenters. The van der Waals surface area contributed by atoms with Crippen molar-refractivity contribution in [2.24, 2.45) is 5.41 Å². The summed E-state index contributed by atoms with van der Waals surface area (Å²) in [6.45, 7) is 12.3. The van der Waals surface area contributed by atoms with Crippen LogP contribution in [0.2, 0.25) is 0 Å². The largest absolute Gasteiger partial charge is 0.103 e. The minimum Gasteiger partial charge on any atom is -0.103 e. The molecule has 101 valence electrons. The van der Waals surface area contributed by atoms with E-state index in [-0.39, 0.29) is 0 Å². The van der Waals surface area contributed by atoms with E-state index >= 15 is 0 Å². The second kappa shape index (κ2) is 10.9. The predicted octanol–water partition coefficient (Wildman–Crippen LogP) is 6.32. The molecule has 0 saturated carbocycles. The summed E-state index contributed by atoms with van der Waals surface area (Å²) in [6, 6.07) is 0. The summed E-state index contributed by atoms with van der Waals surface area (Å²) in [5.74, 6) is 0. The average Bonchev–Trinajstić information content (AvgIpc) is 2.31. The molecule has 1 radical (unpaired) electrons. The average molecular weight is 237 g/mol. The quantitative estimate of drug-likeness (QED) is 0.275. The Kier molecular flexibility index (Phi) is 10.7. The second-order valence-corrected chi connectivity index (χ2v) is 5.98. The van der Waals surface area contributed by atoms with Crippen molar-refractivity contribution < 1.29 is 0 Å². The van der Waals surface area contributed by atoms with Gasteiger partial charge in [-0.2, -0.15) is 0 Å². The summed E-state index contributed by atoms with van der Waals surface area (Å²) in [4.78, 5) is 0. The highest BCUT2D eigenvalue weighted by molar-refractivity contribution is 4.86. The van der Waals surface area contributed by atoms with Crippen molar-refractivity contribution in [3.63, 3.8) is 0 Å². The Morgan fingerprint density at radius 2 is 1.18 bits per heavy atom. The molecule has 0 saturated heterocycles. The summed E-state index contributed by atoms with van der Waals surface area (Å²) >= 11 is 0. The maximum absolute atomic E-state index is 3.89. The number of allylic oxidation sites excluding steroid dienone is 1. The van der Waals surface area contributed by atoms with Gasteiger partial charge in [-0.25, -0.2) is 0 Å². The molecule has 0 aromatic rings. The summed E-state index contributed by atoms with van der Waals surface area (Å²) < 4.78 is 0. The highest BCUT2D eigenvalue weighted by atomic mass is 14.2. The molecule has 0 bridgehead atoms.